The fraction of sp³-hybridized carbons (Fsp3) is 0.783. The van der Waals surface area contributed by atoms with Crippen molar-refractivity contribution in [3.8, 4) is 0 Å². The van der Waals surface area contributed by atoms with E-state index < -0.39 is 38.7 Å². The van der Waals surface area contributed by atoms with E-state index in [0.717, 1.165) is 43.2 Å². The van der Waals surface area contributed by atoms with E-state index in [9.17, 15) is 26.4 Å². The minimum absolute atomic E-state index is 0.145. The third-order valence-electron chi connectivity index (χ3n) is 7.28. The molecule has 1 saturated heterocycles. The maximum absolute atomic E-state index is 13.8. The molecule has 192 valence electrons. The van der Waals surface area contributed by atoms with Gasteiger partial charge >= 0.3 is 6.18 Å². The Morgan fingerprint density at radius 3 is 2.29 bits per heavy atom. The molecule has 2 fully saturated rings. The van der Waals surface area contributed by atoms with Crippen molar-refractivity contribution < 1.29 is 26.4 Å². The first-order valence-corrected chi connectivity index (χ1v) is 13.8. The number of carbonyl (C=O) groups is 1. The Hall–Kier alpha value is -1.91. The zero-order valence-electron chi connectivity index (χ0n) is 20.2. The van der Waals surface area contributed by atoms with Crippen LogP contribution in [0.4, 0.5) is 19.1 Å². The molecular formula is C23H35F3N4O3S. The van der Waals surface area contributed by atoms with Crippen molar-refractivity contribution in [3.63, 3.8) is 0 Å². The van der Waals surface area contributed by atoms with Crippen LogP contribution in [0.3, 0.4) is 0 Å². The molecule has 1 amide bonds. The molecule has 1 saturated carbocycles. The minimum Gasteiger partial charge on any atom is -0.349 e. The van der Waals surface area contributed by atoms with Gasteiger partial charge in [0.15, 0.2) is 15.5 Å². The first kappa shape index (κ1) is 26.7. The van der Waals surface area contributed by atoms with Gasteiger partial charge in [0, 0.05) is 24.8 Å². The molecule has 0 aromatic carbocycles. The molecular weight excluding hydrogens is 469 g/mol. The number of amides is 1. The van der Waals surface area contributed by atoms with Crippen LogP contribution in [-0.4, -0.2) is 59.3 Å². The number of aromatic nitrogens is 2. The van der Waals surface area contributed by atoms with Crippen molar-refractivity contribution in [1.29, 1.82) is 0 Å². The van der Waals surface area contributed by atoms with E-state index in [2.05, 4.69) is 29.1 Å². The van der Waals surface area contributed by atoms with Crippen molar-refractivity contribution in [1.82, 2.24) is 14.9 Å². The van der Waals surface area contributed by atoms with Gasteiger partial charge < -0.3 is 10.2 Å². The molecule has 7 nitrogen and oxygen atoms in total. The lowest BCUT2D eigenvalue weighted by molar-refractivity contribution is -0.141. The van der Waals surface area contributed by atoms with E-state index in [-0.39, 0.29) is 36.0 Å². The van der Waals surface area contributed by atoms with Gasteiger partial charge in [0.05, 0.1) is 17.1 Å². The average Bonchev–Trinajstić information content (AvgIpc) is 2.75. The highest BCUT2D eigenvalue weighted by molar-refractivity contribution is 7.91. The standard InChI is InChI=1S/C23H35F3N4O3S/c1-4-5-6-7-21(2)8-10-22(3,11-9-21)29-20-27-16-17(18(28-20)23(24,25)26)19(31)30-12-14-34(32,33)15-13-30/h16H,4-15H2,1-3H3,(H,27,28,29). The SMILES string of the molecule is CCCCCC1(C)CCC(C)(Nc2ncc(C(=O)N3CCS(=O)(=O)CC3)c(C(F)(F)F)n2)CC1. The zero-order chi connectivity index (χ0) is 25.2. The molecule has 1 N–H and O–H groups in total. The first-order chi connectivity index (χ1) is 15.8. The molecule has 0 bridgehead atoms. The predicted octanol–water partition coefficient (Wildman–Crippen LogP) is 4.70. The van der Waals surface area contributed by atoms with E-state index >= 15 is 0 Å². The Labute approximate surface area is 199 Å². The van der Waals surface area contributed by atoms with Gasteiger partial charge in [-0.25, -0.2) is 18.4 Å². The summed E-state index contributed by atoms with van der Waals surface area (Å²) in [5.74, 6) is -1.59. The number of carbonyl (C=O) groups excluding carboxylic acids is 1. The lowest BCUT2D eigenvalue weighted by atomic mass is 9.67. The van der Waals surface area contributed by atoms with Gasteiger partial charge in [-0.15, -0.1) is 0 Å². The summed E-state index contributed by atoms with van der Waals surface area (Å²) < 4.78 is 64.7. The van der Waals surface area contributed by atoms with Gasteiger partial charge in [0.25, 0.3) is 5.91 Å². The predicted molar refractivity (Wildman–Crippen MR) is 124 cm³/mol. The second-order valence-electron chi connectivity index (χ2n) is 10.4. The molecule has 1 aliphatic carbocycles. The Bertz CT molecular complexity index is 976. The lowest BCUT2D eigenvalue weighted by Gasteiger charge is -2.44. The summed E-state index contributed by atoms with van der Waals surface area (Å²) in [7, 11) is -3.27. The molecule has 0 unspecified atom stereocenters. The molecule has 0 spiro atoms. The van der Waals surface area contributed by atoms with Gasteiger partial charge in [-0.05, 0) is 44.4 Å². The third-order valence-corrected chi connectivity index (χ3v) is 8.89. The van der Waals surface area contributed by atoms with Crippen LogP contribution in [0.1, 0.15) is 88.2 Å². The second-order valence-corrected chi connectivity index (χ2v) is 12.7. The largest absolute Gasteiger partial charge is 0.434 e. The number of hydrogen-bond donors (Lipinski definition) is 1. The molecule has 34 heavy (non-hydrogen) atoms. The van der Waals surface area contributed by atoms with Gasteiger partial charge in [0.2, 0.25) is 5.95 Å². The molecule has 0 radical (unpaired) electrons. The summed E-state index contributed by atoms with van der Waals surface area (Å²) in [5.41, 5.74) is -2.14. The molecule has 11 heteroatoms. The number of alkyl halides is 3. The van der Waals surface area contributed by atoms with Crippen LogP contribution >= 0.6 is 0 Å². The average molecular weight is 505 g/mol. The summed E-state index contributed by atoms with van der Waals surface area (Å²) >= 11 is 0. The van der Waals surface area contributed by atoms with E-state index in [4.69, 9.17) is 0 Å². The van der Waals surface area contributed by atoms with Crippen LogP contribution in [0.2, 0.25) is 0 Å². The van der Waals surface area contributed by atoms with Crippen LogP contribution in [-0.2, 0) is 16.0 Å². The van der Waals surface area contributed by atoms with E-state index in [1.807, 2.05) is 6.92 Å². The fourth-order valence-corrected chi connectivity index (χ4v) is 5.95. The minimum atomic E-state index is -4.85. The number of hydrogen-bond acceptors (Lipinski definition) is 6. The lowest BCUT2D eigenvalue weighted by Crippen LogP contribution is -2.44. The molecule has 2 aliphatic rings. The summed E-state index contributed by atoms with van der Waals surface area (Å²) in [4.78, 5) is 21.6. The Morgan fingerprint density at radius 2 is 1.74 bits per heavy atom. The van der Waals surface area contributed by atoms with Crippen LogP contribution in [0.15, 0.2) is 6.20 Å². The van der Waals surface area contributed by atoms with Crippen molar-refractivity contribution in [2.75, 3.05) is 29.9 Å². The monoisotopic (exact) mass is 504 g/mol. The molecule has 3 rings (SSSR count). The Morgan fingerprint density at radius 1 is 1.12 bits per heavy atom. The Balaban J connectivity index is 1.74. The maximum Gasteiger partial charge on any atom is 0.434 e. The number of rotatable bonds is 7. The number of unbranched alkanes of at least 4 members (excludes halogenated alkanes) is 2. The van der Waals surface area contributed by atoms with Gasteiger partial charge in [-0.3, -0.25) is 4.79 Å². The number of halogens is 3. The van der Waals surface area contributed by atoms with Crippen molar-refractivity contribution >= 4 is 21.7 Å². The normalized spacial score (nSPS) is 27.4. The van der Waals surface area contributed by atoms with Crippen LogP contribution in [0, 0.1) is 5.41 Å². The summed E-state index contributed by atoms with van der Waals surface area (Å²) in [5, 5.41) is 3.10. The first-order valence-electron chi connectivity index (χ1n) is 12.0. The quantitative estimate of drug-likeness (QED) is 0.542. The molecule has 1 aromatic heterocycles. The molecule has 1 aromatic rings. The molecule has 0 atom stereocenters. The second kappa shape index (κ2) is 9.99. The van der Waals surface area contributed by atoms with Crippen LogP contribution < -0.4 is 5.32 Å². The molecule has 2 heterocycles. The maximum atomic E-state index is 13.8. The van der Waals surface area contributed by atoms with E-state index in [1.165, 1.54) is 19.3 Å². The molecule has 1 aliphatic heterocycles. The van der Waals surface area contributed by atoms with Crippen LogP contribution in [0.5, 0.6) is 0 Å². The highest BCUT2D eigenvalue weighted by Crippen LogP contribution is 2.45. The van der Waals surface area contributed by atoms with Crippen LogP contribution in [0.25, 0.3) is 0 Å². The number of nitrogens with zero attached hydrogens (tertiary/aromatic N) is 3. The van der Waals surface area contributed by atoms with Crippen molar-refractivity contribution in [3.05, 3.63) is 17.5 Å². The summed E-state index contributed by atoms with van der Waals surface area (Å²) in [6.07, 6.45) is 4.31. The topological polar surface area (TPSA) is 92.3 Å². The fourth-order valence-electron chi connectivity index (χ4n) is 4.75. The highest BCUT2D eigenvalue weighted by atomic mass is 32.2. The highest BCUT2D eigenvalue weighted by Gasteiger charge is 2.41. The summed E-state index contributed by atoms with van der Waals surface area (Å²) in [6, 6.07) is 0. The van der Waals surface area contributed by atoms with Gasteiger partial charge in [0.1, 0.15) is 0 Å². The number of nitrogens with one attached hydrogen (secondary N) is 1. The van der Waals surface area contributed by atoms with Gasteiger partial charge in [-0.2, -0.15) is 13.2 Å². The van der Waals surface area contributed by atoms with Crippen molar-refractivity contribution in [2.45, 2.75) is 83.9 Å². The van der Waals surface area contributed by atoms with E-state index in [1.54, 1.807) is 0 Å². The number of sulfone groups is 1. The van der Waals surface area contributed by atoms with Gasteiger partial charge in [-0.1, -0.05) is 33.1 Å². The smallest absolute Gasteiger partial charge is 0.349 e. The van der Waals surface area contributed by atoms with Crippen molar-refractivity contribution in [2.24, 2.45) is 5.41 Å². The zero-order valence-corrected chi connectivity index (χ0v) is 21.0. The van der Waals surface area contributed by atoms with E-state index in [0.29, 0.717) is 0 Å². The number of anilines is 1. The Kier molecular flexibility index (Phi) is 7.84. The summed E-state index contributed by atoms with van der Waals surface area (Å²) in [6.45, 7) is 6.14. The third kappa shape index (κ3) is 6.60.